The lowest BCUT2D eigenvalue weighted by Crippen LogP contribution is -2.51. The van der Waals surface area contributed by atoms with E-state index in [0.29, 0.717) is 29.6 Å². The van der Waals surface area contributed by atoms with Crippen LogP contribution in [-0.4, -0.2) is 42.6 Å². The Morgan fingerprint density at radius 2 is 1.71 bits per heavy atom. The van der Waals surface area contributed by atoms with Gasteiger partial charge in [-0.3, -0.25) is 0 Å². The van der Waals surface area contributed by atoms with Gasteiger partial charge in [0.15, 0.2) is 12.3 Å². The standard InChI is InChI=1S/C19H39NO3Si/c1-8-9-10-17(21)13-18-19(11-12-20(18)22)23-24(14(2)3,15(4)5)16(6)7/h14-17,19,21H,8-13H2,1-7H3/t17-,19-/m0/s1. The van der Waals surface area contributed by atoms with Crippen molar-refractivity contribution < 1.29 is 14.3 Å². The molecule has 0 aromatic carbocycles. The highest BCUT2D eigenvalue weighted by Gasteiger charge is 2.49. The fourth-order valence-corrected chi connectivity index (χ4v) is 10.1. The normalized spacial score (nSPS) is 20.7. The monoisotopic (exact) mass is 357 g/mol. The van der Waals surface area contributed by atoms with Crippen LogP contribution in [0.25, 0.3) is 0 Å². The van der Waals surface area contributed by atoms with Gasteiger partial charge in [-0.05, 0) is 23.0 Å². The van der Waals surface area contributed by atoms with Crippen molar-refractivity contribution in [1.82, 2.24) is 0 Å². The van der Waals surface area contributed by atoms with Crippen molar-refractivity contribution in [2.24, 2.45) is 0 Å². The van der Waals surface area contributed by atoms with Crippen LogP contribution < -0.4 is 0 Å². The van der Waals surface area contributed by atoms with Gasteiger partial charge in [0.1, 0.15) is 6.10 Å². The molecule has 1 N–H and O–H groups in total. The fourth-order valence-electron chi connectivity index (χ4n) is 4.50. The lowest BCUT2D eigenvalue weighted by atomic mass is 10.0. The molecule has 1 aliphatic heterocycles. The highest BCUT2D eigenvalue weighted by Crippen LogP contribution is 2.43. The summed E-state index contributed by atoms with van der Waals surface area (Å²) in [6, 6.07) is 0. The molecule has 0 fully saturated rings. The summed E-state index contributed by atoms with van der Waals surface area (Å²) in [4.78, 5) is 0. The van der Waals surface area contributed by atoms with E-state index in [0.717, 1.165) is 36.1 Å². The third-order valence-corrected chi connectivity index (χ3v) is 11.8. The van der Waals surface area contributed by atoms with Crippen LogP contribution in [0.2, 0.25) is 16.6 Å². The van der Waals surface area contributed by atoms with Crippen LogP contribution in [0.5, 0.6) is 0 Å². The minimum atomic E-state index is -2.01. The van der Waals surface area contributed by atoms with Gasteiger partial charge in [-0.1, -0.05) is 61.3 Å². The maximum absolute atomic E-state index is 12.3. The van der Waals surface area contributed by atoms with Crippen LogP contribution in [0, 0.1) is 5.21 Å². The van der Waals surface area contributed by atoms with Crippen molar-refractivity contribution in [2.45, 2.75) is 109 Å². The maximum atomic E-state index is 12.3. The number of hydrogen-bond acceptors (Lipinski definition) is 3. The van der Waals surface area contributed by atoms with Gasteiger partial charge in [0.05, 0.1) is 12.5 Å². The molecule has 0 unspecified atom stereocenters. The summed E-state index contributed by atoms with van der Waals surface area (Å²) in [5, 5.41) is 22.6. The highest BCUT2D eigenvalue weighted by molar-refractivity contribution is 6.77. The second-order valence-electron chi connectivity index (χ2n) is 8.31. The summed E-state index contributed by atoms with van der Waals surface area (Å²) < 4.78 is 7.90. The van der Waals surface area contributed by atoms with Gasteiger partial charge < -0.3 is 14.7 Å². The number of aliphatic hydroxyl groups is 1. The molecule has 0 aromatic heterocycles. The summed E-state index contributed by atoms with van der Waals surface area (Å²) >= 11 is 0. The largest absolute Gasteiger partial charge is 0.624 e. The first kappa shape index (κ1) is 21.6. The molecule has 1 aliphatic rings. The van der Waals surface area contributed by atoms with Crippen molar-refractivity contribution in [3.63, 3.8) is 0 Å². The third kappa shape index (κ3) is 4.83. The average Bonchev–Trinajstić information content (AvgIpc) is 2.82. The second kappa shape index (κ2) is 9.34. The van der Waals surface area contributed by atoms with Crippen molar-refractivity contribution in [3.8, 4) is 0 Å². The van der Waals surface area contributed by atoms with E-state index in [2.05, 4.69) is 48.5 Å². The third-order valence-electron chi connectivity index (χ3n) is 5.68. The van der Waals surface area contributed by atoms with E-state index in [1.807, 2.05) is 0 Å². The molecular weight excluding hydrogens is 318 g/mol. The first-order valence-electron chi connectivity index (χ1n) is 9.82. The molecule has 0 aliphatic carbocycles. The van der Waals surface area contributed by atoms with Crippen molar-refractivity contribution in [2.75, 3.05) is 6.54 Å². The lowest BCUT2D eigenvalue weighted by Gasteiger charge is -2.43. The Bertz CT molecular complexity index is 399. The number of unbranched alkanes of at least 4 members (excludes halogenated alkanes) is 1. The van der Waals surface area contributed by atoms with Gasteiger partial charge in [0.2, 0.25) is 8.32 Å². The molecule has 0 bridgehead atoms. The molecule has 1 rings (SSSR count). The minimum absolute atomic E-state index is 0.0994. The molecule has 0 radical (unpaired) electrons. The van der Waals surface area contributed by atoms with Crippen LogP contribution in [0.1, 0.15) is 80.6 Å². The molecule has 0 spiro atoms. The predicted molar refractivity (Wildman–Crippen MR) is 104 cm³/mol. The van der Waals surface area contributed by atoms with Gasteiger partial charge >= 0.3 is 0 Å². The van der Waals surface area contributed by atoms with E-state index in [4.69, 9.17) is 4.43 Å². The molecule has 1 heterocycles. The summed E-state index contributed by atoms with van der Waals surface area (Å²) in [5.41, 5.74) is 2.29. The number of aliphatic hydroxyl groups excluding tert-OH is 1. The van der Waals surface area contributed by atoms with E-state index in [9.17, 15) is 10.3 Å². The predicted octanol–water partition coefficient (Wildman–Crippen LogP) is 4.84. The lowest BCUT2D eigenvalue weighted by molar-refractivity contribution is -0.450. The second-order valence-corrected chi connectivity index (χ2v) is 13.7. The van der Waals surface area contributed by atoms with Crippen molar-refractivity contribution in [1.29, 1.82) is 0 Å². The number of rotatable bonds is 10. The Morgan fingerprint density at radius 1 is 1.17 bits per heavy atom. The van der Waals surface area contributed by atoms with E-state index >= 15 is 0 Å². The zero-order chi connectivity index (χ0) is 18.5. The summed E-state index contributed by atoms with van der Waals surface area (Å²) in [6.45, 7) is 16.2. The molecule has 142 valence electrons. The molecule has 0 saturated carbocycles. The first-order chi connectivity index (χ1) is 11.2. The average molecular weight is 358 g/mol. The fraction of sp³-hybridized carbons (Fsp3) is 0.947. The van der Waals surface area contributed by atoms with Crippen LogP contribution in [0.15, 0.2) is 0 Å². The Hall–Kier alpha value is -0.393. The molecule has 0 amide bonds. The SMILES string of the molecule is CCCC[C@H](O)CC1=[N+]([O-])CC[C@@H]1O[Si](C(C)C)(C(C)C)C(C)C. The molecule has 0 aromatic rings. The Balaban J connectivity index is 2.94. The van der Waals surface area contributed by atoms with Crippen LogP contribution in [0.3, 0.4) is 0 Å². The zero-order valence-corrected chi connectivity index (χ0v) is 17.8. The maximum Gasteiger partial charge on any atom is 0.201 e. The molecular formula is C19H39NO3Si. The molecule has 4 nitrogen and oxygen atoms in total. The van der Waals surface area contributed by atoms with Crippen LogP contribution >= 0.6 is 0 Å². The van der Waals surface area contributed by atoms with Crippen molar-refractivity contribution >= 4 is 14.0 Å². The van der Waals surface area contributed by atoms with E-state index in [1.54, 1.807) is 0 Å². The highest BCUT2D eigenvalue weighted by atomic mass is 28.4. The smallest absolute Gasteiger partial charge is 0.201 e. The minimum Gasteiger partial charge on any atom is -0.624 e. The molecule has 5 heteroatoms. The Kier molecular flexibility index (Phi) is 8.43. The van der Waals surface area contributed by atoms with Crippen LogP contribution in [-0.2, 0) is 4.43 Å². The van der Waals surface area contributed by atoms with Gasteiger partial charge in [-0.15, -0.1) is 0 Å². The van der Waals surface area contributed by atoms with Crippen molar-refractivity contribution in [3.05, 3.63) is 5.21 Å². The zero-order valence-electron chi connectivity index (χ0n) is 16.8. The number of hydrogen-bond donors (Lipinski definition) is 1. The number of hydroxylamine groups is 1. The summed E-state index contributed by atoms with van der Waals surface area (Å²) in [7, 11) is -2.01. The quantitative estimate of drug-likeness (QED) is 0.346. The summed E-state index contributed by atoms with van der Waals surface area (Å²) in [5.74, 6) is 0. The summed E-state index contributed by atoms with van der Waals surface area (Å²) in [6.07, 6.45) is 3.54. The van der Waals surface area contributed by atoms with Gasteiger partial charge in [-0.25, -0.2) is 4.74 Å². The molecule has 2 atom stereocenters. The Morgan fingerprint density at radius 3 is 2.17 bits per heavy atom. The van der Waals surface area contributed by atoms with E-state index in [1.165, 1.54) is 0 Å². The van der Waals surface area contributed by atoms with E-state index < -0.39 is 14.4 Å². The van der Waals surface area contributed by atoms with Crippen LogP contribution in [0.4, 0.5) is 0 Å². The Labute approximate surface area is 150 Å². The molecule has 24 heavy (non-hydrogen) atoms. The van der Waals surface area contributed by atoms with Gasteiger partial charge in [0.25, 0.3) is 0 Å². The van der Waals surface area contributed by atoms with Gasteiger partial charge in [0, 0.05) is 6.42 Å². The topological polar surface area (TPSA) is 55.5 Å². The van der Waals surface area contributed by atoms with E-state index in [-0.39, 0.29) is 6.10 Å². The van der Waals surface area contributed by atoms with Gasteiger partial charge in [-0.2, -0.15) is 0 Å². The first-order valence-corrected chi connectivity index (χ1v) is 12.0. The molecule has 0 saturated heterocycles. The number of nitrogens with zero attached hydrogens (tertiary/aromatic N) is 1.